The molecule has 3 N–H and O–H groups in total. The van der Waals surface area contributed by atoms with Crippen LogP contribution in [0.1, 0.15) is 22.5 Å². The summed E-state index contributed by atoms with van der Waals surface area (Å²) in [5.74, 6) is -1.33. The van der Waals surface area contributed by atoms with Crippen LogP contribution in [0.5, 0.6) is 0 Å². The second-order valence-electron chi connectivity index (χ2n) is 6.10. The molecule has 1 aromatic carbocycles. The molecule has 1 aliphatic heterocycles. The lowest BCUT2D eigenvalue weighted by atomic mass is 10.2. The number of carbonyl (C=O) groups excluding carboxylic acids is 1. The summed E-state index contributed by atoms with van der Waals surface area (Å²) in [6.45, 7) is 0. The van der Waals surface area contributed by atoms with Crippen LogP contribution in [0.15, 0.2) is 29.3 Å². The zero-order chi connectivity index (χ0) is 21.2. The van der Waals surface area contributed by atoms with Gasteiger partial charge >= 0.3 is 6.18 Å². The van der Waals surface area contributed by atoms with Gasteiger partial charge in [0, 0.05) is 33.9 Å². The van der Waals surface area contributed by atoms with Crippen LogP contribution < -0.4 is 10.6 Å². The first-order valence-corrected chi connectivity index (χ1v) is 10.1. The molecule has 2 atom stereocenters. The molecule has 0 radical (unpaired) electrons. The van der Waals surface area contributed by atoms with Crippen LogP contribution in [0, 0.1) is 5.82 Å². The summed E-state index contributed by atoms with van der Waals surface area (Å²) in [6, 6.07) is 3.69. The molecule has 0 bridgehead atoms. The second kappa shape index (κ2) is 8.49. The van der Waals surface area contributed by atoms with Crippen LogP contribution in [0.25, 0.3) is 0 Å². The van der Waals surface area contributed by atoms with Gasteiger partial charge in [0.25, 0.3) is 5.91 Å². The van der Waals surface area contributed by atoms with Crippen LogP contribution in [0.4, 0.5) is 23.4 Å². The SMILES string of the molecule is O=C(NC(=NC1CCS(=O)C1)Nc1cc(C(F)(F)F)[nH]n1)c1ccc(Cl)c(F)c1. The monoisotopic (exact) mass is 451 g/mol. The minimum Gasteiger partial charge on any atom is -0.309 e. The lowest BCUT2D eigenvalue weighted by Crippen LogP contribution is -2.37. The number of aromatic amines is 1. The molecular formula is C16H14ClF4N5O2S. The molecule has 1 aliphatic rings. The van der Waals surface area contributed by atoms with Crippen molar-refractivity contribution in [1.29, 1.82) is 0 Å². The van der Waals surface area contributed by atoms with Gasteiger partial charge in [-0.05, 0) is 24.6 Å². The molecule has 2 unspecified atom stereocenters. The first-order chi connectivity index (χ1) is 13.6. The van der Waals surface area contributed by atoms with Crippen molar-refractivity contribution in [3.05, 3.63) is 46.4 Å². The van der Waals surface area contributed by atoms with E-state index in [2.05, 4.69) is 20.7 Å². The summed E-state index contributed by atoms with van der Waals surface area (Å²) in [5.41, 5.74) is -1.16. The predicted molar refractivity (Wildman–Crippen MR) is 99.8 cm³/mol. The fourth-order valence-electron chi connectivity index (χ4n) is 2.50. The van der Waals surface area contributed by atoms with E-state index in [1.807, 2.05) is 5.10 Å². The lowest BCUT2D eigenvalue weighted by Gasteiger charge is -2.12. The maximum absolute atomic E-state index is 13.6. The van der Waals surface area contributed by atoms with Gasteiger partial charge in [0.1, 0.15) is 11.5 Å². The van der Waals surface area contributed by atoms with Gasteiger partial charge in [-0.3, -0.25) is 19.4 Å². The Kier molecular flexibility index (Phi) is 6.22. The predicted octanol–water partition coefficient (Wildman–Crippen LogP) is 2.94. The molecule has 0 aliphatic carbocycles. The maximum atomic E-state index is 13.6. The number of alkyl halides is 3. The number of hydrogen-bond donors (Lipinski definition) is 3. The van der Waals surface area contributed by atoms with Gasteiger partial charge in [-0.1, -0.05) is 11.6 Å². The van der Waals surface area contributed by atoms with Gasteiger partial charge in [-0.15, -0.1) is 0 Å². The van der Waals surface area contributed by atoms with Gasteiger partial charge in [0.2, 0.25) is 5.96 Å². The summed E-state index contributed by atoms with van der Waals surface area (Å²) in [5, 5.41) is 10.0. The van der Waals surface area contributed by atoms with Gasteiger partial charge < -0.3 is 5.32 Å². The third kappa shape index (κ3) is 5.54. The zero-order valence-corrected chi connectivity index (χ0v) is 16.1. The highest BCUT2D eigenvalue weighted by molar-refractivity contribution is 7.85. The minimum atomic E-state index is -4.63. The van der Waals surface area contributed by atoms with Crippen molar-refractivity contribution >= 4 is 40.1 Å². The molecule has 0 spiro atoms. The van der Waals surface area contributed by atoms with E-state index < -0.39 is 40.4 Å². The molecular weight excluding hydrogens is 438 g/mol. The Hall–Kier alpha value is -2.47. The number of amides is 1. The number of carbonyl (C=O) groups is 1. The summed E-state index contributed by atoms with van der Waals surface area (Å²) in [4.78, 5) is 16.6. The van der Waals surface area contributed by atoms with Gasteiger partial charge in [-0.25, -0.2) is 9.38 Å². The van der Waals surface area contributed by atoms with Crippen molar-refractivity contribution in [3.8, 4) is 0 Å². The van der Waals surface area contributed by atoms with Gasteiger partial charge in [0.15, 0.2) is 5.82 Å². The molecule has 156 valence electrons. The quantitative estimate of drug-likeness (QED) is 0.379. The van der Waals surface area contributed by atoms with E-state index in [0.717, 1.165) is 6.07 Å². The smallest absolute Gasteiger partial charge is 0.309 e. The van der Waals surface area contributed by atoms with E-state index in [1.54, 1.807) is 0 Å². The Labute approximate surface area is 169 Å². The summed E-state index contributed by atoms with van der Waals surface area (Å²) in [7, 11) is -1.06. The number of benzene rings is 1. The van der Waals surface area contributed by atoms with E-state index >= 15 is 0 Å². The van der Waals surface area contributed by atoms with Crippen molar-refractivity contribution in [2.24, 2.45) is 4.99 Å². The van der Waals surface area contributed by atoms with Crippen molar-refractivity contribution in [1.82, 2.24) is 15.5 Å². The Morgan fingerprint density at radius 2 is 2.10 bits per heavy atom. The van der Waals surface area contributed by atoms with E-state index in [1.165, 1.54) is 12.1 Å². The zero-order valence-electron chi connectivity index (χ0n) is 14.5. The fraction of sp³-hybridized carbons (Fsp3) is 0.312. The molecule has 7 nitrogen and oxygen atoms in total. The number of aromatic nitrogens is 2. The van der Waals surface area contributed by atoms with E-state index in [0.29, 0.717) is 18.2 Å². The Morgan fingerprint density at radius 1 is 1.34 bits per heavy atom. The van der Waals surface area contributed by atoms with E-state index in [4.69, 9.17) is 11.6 Å². The van der Waals surface area contributed by atoms with Gasteiger partial charge in [-0.2, -0.15) is 18.3 Å². The van der Waals surface area contributed by atoms with E-state index in [-0.39, 0.29) is 28.1 Å². The molecule has 2 heterocycles. The number of anilines is 1. The standard InChI is InChI=1S/C16H14ClF4N5O2S/c17-10-2-1-8(5-11(10)18)14(27)24-15(22-9-3-4-29(28)7-9)23-13-6-12(25-26-13)16(19,20)21/h1-2,5-6,9H,3-4,7H2,(H3,22,23,24,25,26,27). The van der Waals surface area contributed by atoms with E-state index in [9.17, 15) is 26.6 Å². The third-order valence-corrected chi connectivity index (χ3v) is 5.67. The molecule has 0 saturated carbocycles. The molecule has 1 fully saturated rings. The molecule has 1 aromatic heterocycles. The molecule has 13 heteroatoms. The van der Waals surface area contributed by atoms with Gasteiger partial charge in [0.05, 0.1) is 11.1 Å². The summed E-state index contributed by atoms with van der Waals surface area (Å²) < 4.78 is 63.4. The number of nitrogens with one attached hydrogen (secondary N) is 3. The number of nitrogens with zero attached hydrogens (tertiary/aromatic N) is 2. The van der Waals surface area contributed by atoms with Crippen molar-refractivity contribution in [3.63, 3.8) is 0 Å². The molecule has 3 rings (SSSR count). The number of halogens is 5. The maximum Gasteiger partial charge on any atom is 0.432 e. The topological polar surface area (TPSA) is 99.2 Å². The fourth-order valence-corrected chi connectivity index (χ4v) is 3.99. The Bertz CT molecular complexity index is 978. The van der Waals surface area contributed by atoms with Crippen LogP contribution in [0.2, 0.25) is 5.02 Å². The Morgan fingerprint density at radius 3 is 2.69 bits per heavy atom. The van der Waals surface area contributed by atoms with Crippen molar-refractivity contribution < 1.29 is 26.6 Å². The van der Waals surface area contributed by atoms with Crippen LogP contribution >= 0.6 is 11.6 Å². The summed E-state index contributed by atoms with van der Waals surface area (Å²) in [6.07, 6.45) is -4.14. The first-order valence-electron chi connectivity index (χ1n) is 8.20. The molecule has 1 amide bonds. The number of hydrogen-bond acceptors (Lipinski definition) is 4. The average molecular weight is 452 g/mol. The Balaban J connectivity index is 1.81. The highest BCUT2D eigenvalue weighted by Gasteiger charge is 2.33. The molecule has 1 saturated heterocycles. The van der Waals surface area contributed by atoms with Crippen LogP contribution in [0.3, 0.4) is 0 Å². The molecule has 29 heavy (non-hydrogen) atoms. The number of H-pyrrole nitrogens is 1. The second-order valence-corrected chi connectivity index (χ2v) is 8.13. The highest BCUT2D eigenvalue weighted by atomic mass is 35.5. The van der Waals surface area contributed by atoms with Crippen LogP contribution in [-0.2, 0) is 17.0 Å². The minimum absolute atomic E-state index is 0.0746. The van der Waals surface area contributed by atoms with Crippen molar-refractivity contribution in [2.45, 2.75) is 18.6 Å². The normalized spacial score (nSPS) is 20.0. The number of aliphatic imine (C=N–C) groups is 1. The number of guanidine groups is 1. The first kappa shape index (κ1) is 21.2. The lowest BCUT2D eigenvalue weighted by molar-refractivity contribution is -0.141. The third-order valence-electron chi connectivity index (χ3n) is 3.91. The highest BCUT2D eigenvalue weighted by Crippen LogP contribution is 2.28. The summed E-state index contributed by atoms with van der Waals surface area (Å²) >= 11 is 5.59. The van der Waals surface area contributed by atoms with Crippen LogP contribution in [-0.4, -0.2) is 43.8 Å². The average Bonchev–Trinajstić information content (AvgIpc) is 3.26. The largest absolute Gasteiger partial charge is 0.432 e. The van der Waals surface area contributed by atoms with Crippen molar-refractivity contribution in [2.75, 3.05) is 16.8 Å². The number of rotatable bonds is 3. The molecule has 2 aromatic rings.